The summed E-state index contributed by atoms with van der Waals surface area (Å²) in [5, 5.41) is 0. The van der Waals surface area contributed by atoms with Crippen LogP contribution in [0.4, 0.5) is 5.69 Å². The number of anilines is 1. The monoisotopic (exact) mass is 250 g/mol. The van der Waals surface area contributed by atoms with Crippen LogP contribution in [-0.2, 0) is 10.2 Å². The summed E-state index contributed by atoms with van der Waals surface area (Å²) >= 11 is 0. The maximum atomic E-state index is 11.0. The molecule has 0 heterocycles. The molecule has 0 bridgehead atoms. The Morgan fingerprint density at radius 1 is 1.39 bits per heavy atom. The Morgan fingerprint density at radius 3 is 2.44 bits per heavy atom. The molecular weight excluding hydrogens is 228 g/mol. The van der Waals surface area contributed by atoms with Gasteiger partial charge in [0.15, 0.2) is 0 Å². The molecule has 0 fully saturated rings. The first-order valence-corrected chi connectivity index (χ1v) is 5.93. The Balaban J connectivity index is 3.17. The third-order valence-electron chi connectivity index (χ3n) is 2.85. The summed E-state index contributed by atoms with van der Waals surface area (Å²) < 4.78 is 5.32. The van der Waals surface area contributed by atoms with Crippen LogP contribution in [0.3, 0.4) is 0 Å². The topological polar surface area (TPSA) is 55.6 Å². The van der Waals surface area contributed by atoms with Crippen LogP contribution in [0.1, 0.15) is 26.3 Å². The quantitative estimate of drug-likeness (QED) is 0.888. The fourth-order valence-electron chi connectivity index (χ4n) is 1.77. The van der Waals surface area contributed by atoms with Crippen molar-refractivity contribution in [1.29, 1.82) is 0 Å². The number of carbonyl (C=O) groups excluding carboxylic acids is 1. The Morgan fingerprint density at radius 2 is 2.00 bits per heavy atom. The molecule has 1 amide bonds. The summed E-state index contributed by atoms with van der Waals surface area (Å²) in [7, 11) is 3.45. The van der Waals surface area contributed by atoms with Gasteiger partial charge in [-0.2, -0.15) is 0 Å². The van der Waals surface area contributed by atoms with E-state index in [9.17, 15) is 4.79 Å². The van der Waals surface area contributed by atoms with Crippen LogP contribution in [0.5, 0.6) is 5.75 Å². The molecule has 18 heavy (non-hydrogen) atoms. The molecular formula is C14H22N2O2. The predicted molar refractivity (Wildman–Crippen MR) is 74.2 cm³/mol. The molecule has 0 aromatic heterocycles. The minimum Gasteiger partial charge on any atom is -0.495 e. The Kier molecular flexibility index (Phi) is 4.22. The highest BCUT2D eigenvalue weighted by molar-refractivity contribution is 5.80. The van der Waals surface area contributed by atoms with Crippen LogP contribution in [0.2, 0.25) is 0 Å². The highest BCUT2D eigenvalue weighted by atomic mass is 16.5. The Hall–Kier alpha value is -1.71. The van der Waals surface area contributed by atoms with E-state index in [2.05, 4.69) is 20.8 Å². The van der Waals surface area contributed by atoms with E-state index in [1.54, 1.807) is 12.0 Å². The maximum absolute atomic E-state index is 11.0. The van der Waals surface area contributed by atoms with E-state index in [1.807, 2.05) is 25.2 Å². The lowest BCUT2D eigenvalue weighted by molar-refractivity contribution is -0.116. The highest BCUT2D eigenvalue weighted by Crippen LogP contribution is 2.33. The average molecular weight is 250 g/mol. The number of nitrogens with two attached hydrogens (primary N) is 1. The van der Waals surface area contributed by atoms with Gasteiger partial charge >= 0.3 is 0 Å². The van der Waals surface area contributed by atoms with Gasteiger partial charge in [0.1, 0.15) is 5.75 Å². The van der Waals surface area contributed by atoms with Gasteiger partial charge in [-0.05, 0) is 23.1 Å². The molecule has 0 unspecified atom stereocenters. The summed E-state index contributed by atoms with van der Waals surface area (Å²) in [6.45, 7) is 6.61. The van der Waals surface area contributed by atoms with Crippen molar-refractivity contribution in [3.63, 3.8) is 0 Å². The van der Waals surface area contributed by atoms with Gasteiger partial charge in [-0.25, -0.2) is 0 Å². The third-order valence-corrected chi connectivity index (χ3v) is 2.85. The van der Waals surface area contributed by atoms with Gasteiger partial charge < -0.3 is 15.4 Å². The van der Waals surface area contributed by atoms with E-state index in [0.717, 1.165) is 11.4 Å². The number of primary amides is 1. The van der Waals surface area contributed by atoms with Crippen molar-refractivity contribution in [2.75, 3.05) is 25.6 Å². The first kappa shape index (κ1) is 14.4. The summed E-state index contributed by atoms with van der Waals surface area (Å²) in [5.41, 5.74) is 7.34. The third kappa shape index (κ3) is 3.39. The van der Waals surface area contributed by atoms with E-state index >= 15 is 0 Å². The summed E-state index contributed by atoms with van der Waals surface area (Å²) in [6, 6.07) is 6.01. The largest absolute Gasteiger partial charge is 0.495 e. The molecule has 4 heteroatoms. The number of benzene rings is 1. The van der Waals surface area contributed by atoms with Gasteiger partial charge in [0.05, 0.1) is 19.3 Å². The first-order chi connectivity index (χ1) is 8.25. The highest BCUT2D eigenvalue weighted by Gasteiger charge is 2.18. The fourth-order valence-corrected chi connectivity index (χ4v) is 1.77. The minimum atomic E-state index is -0.360. The fraction of sp³-hybridized carbons (Fsp3) is 0.500. The number of likely N-dealkylation sites (N-methyl/N-ethyl adjacent to an activating group) is 1. The molecule has 2 N–H and O–H groups in total. The molecule has 0 aliphatic carbocycles. The zero-order valence-electron chi connectivity index (χ0n) is 11.8. The Bertz CT molecular complexity index is 436. The number of hydrogen-bond donors (Lipinski definition) is 1. The van der Waals surface area contributed by atoms with E-state index in [-0.39, 0.29) is 17.9 Å². The molecule has 0 saturated heterocycles. The molecule has 0 aliphatic rings. The van der Waals surface area contributed by atoms with Crippen LogP contribution >= 0.6 is 0 Å². The number of ether oxygens (including phenoxy) is 1. The number of carbonyl (C=O) groups is 1. The number of rotatable bonds is 4. The van der Waals surface area contributed by atoms with Crippen molar-refractivity contribution < 1.29 is 9.53 Å². The van der Waals surface area contributed by atoms with E-state index in [0.29, 0.717) is 0 Å². The second-order valence-corrected chi connectivity index (χ2v) is 5.46. The van der Waals surface area contributed by atoms with E-state index < -0.39 is 0 Å². The molecule has 0 spiro atoms. The number of hydrogen-bond acceptors (Lipinski definition) is 3. The zero-order valence-corrected chi connectivity index (χ0v) is 11.8. The number of nitrogens with zero attached hydrogens (tertiary/aromatic N) is 1. The van der Waals surface area contributed by atoms with Crippen molar-refractivity contribution in [2.24, 2.45) is 5.73 Å². The normalized spacial score (nSPS) is 11.2. The van der Waals surface area contributed by atoms with Gasteiger partial charge in [-0.3, -0.25) is 4.79 Å². The minimum absolute atomic E-state index is 0.0502. The average Bonchev–Trinajstić information content (AvgIpc) is 2.26. The summed E-state index contributed by atoms with van der Waals surface area (Å²) in [6.07, 6.45) is 0. The predicted octanol–water partition coefficient (Wildman–Crippen LogP) is 1.91. The second kappa shape index (κ2) is 5.29. The second-order valence-electron chi connectivity index (χ2n) is 5.46. The van der Waals surface area contributed by atoms with Gasteiger partial charge in [0.25, 0.3) is 0 Å². The van der Waals surface area contributed by atoms with Crippen LogP contribution < -0.4 is 15.4 Å². The van der Waals surface area contributed by atoms with Crippen molar-refractivity contribution in [3.05, 3.63) is 23.8 Å². The lowest BCUT2D eigenvalue weighted by Gasteiger charge is -2.25. The van der Waals surface area contributed by atoms with Crippen molar-refractivity contribution in [3.8, 4) is 5.75 Å². The van der Waals surface area contributed by atoms with Crippen molar-refractivity contribution >= 4 is 11.6 Å². The van der Waals surface area contributed by atoms with Gasteiger partial charge in [0.2, 0.25) is 5.91 Å². The summed E-state index contributed by atoms with van der Waals surface area (Å²) in [5.74, 6) is 0.382. The molecule has 1 aromatic rings. The molecule has 0 radical (unpaired) electrons. The van der Waals surface area contributed by atoms with Crippen molar-refractivity contribution in [2.45, 2.75) is 26.2 Å². The van der Waals surface area contributed by atoms with Gasteiger partial charge in [0, 0.05) is 7.05 Å². The Labute approximate surface area is 109 Å². The molecule has 0 aliphatic heterocycles. The molecule has 0 atom stereocenters. The lowest BCUT2D eigenvalue weighted by Crippen LogP contribution is -2.31. The van der Waals surface area contributed by atoms with Gasteiger partial charge in [-0.15, -0.1) is 0 Å². The lowest BCUT2D eigenvalue weighted by atomic mass is 9.86. The van der Waals surface area contributed by atoms with Gasteiger partial charge in [-0.1, -0.05) is 26.8 Å². The van der Waals surface area contributed by atoms with Crippen LogP contribution in [0, 0.1) is 0 Å². The molecule has 1 aromatic carbocycles. The maximum Gasteiger partial charge on any atom is 0.236 e. The zero-order chi connectivity index (χ0) is 13.9. The van der Waals surface area contributed by atoms with E-state index in [1.165, 1.54) is 5.56 Å². The molecule has 1 rings (SSSR count). The van der Waals surface area contributed by atoms with Crippen molar-refractivity contribution in [1.82, 2.24) is 0 Å². The molecule has 0 saturated carbocycles. The molecule has 4 nitrogen and oxygen atoms in total. The SMILES string of the molecule is COc1ccc(C(C)(C)C)cc1N(C)CC(N)=O. The molecule has 100 valence electrons. The number of amides is 1. The summed E-state index contributed by atoms with van der Waals surface area (Å²) in [4.78, 5) is 12.8. The van der Waals surface area contributed by atoms with Crippen LogP contribution in [-0.4, -0.2) is 26.6 Å². The standard InChI is InChI=1S/C14H22N2O2/c1-14(2,3)10-6-7-12(18-5)11(8-10)16(4)9-13(15)17/h6-8H,9H2,1-5H3,(H2,15,17). The van der Waals surface area contributed by atoms with Crippen LogP contribution in [0.15, 0.2) is 18.2 Å². The smallest absolute Gasteiger partial charge is 0.236 e. The number of methoxy groups -OCH3 is 1. The van der Waals surface area contributed by atoms with Crippen LogP contribution in [0.25, 0.3) is 0 Å². The van der Waals surface area contributed by atoms with E-state index in [4.69, 9.17) is 10.5 Å². The first-order valence-electron chi connectivity index (χ1n) is 5.93.